The van der Waals surface area contributed by atoms with Crippen molar-refractivity contribution in [1.82, 2.24) is 4.90 Å². The lowest BCUT2D eigenvalue weighted by Gasteiger charge is -2.26. The monoisotopic (exact) mass is 293 g/mol. The fraction of sp³-hybridized carbons (Fsp3) is 0.357. The van der Waals surface area contributed by atoms with Gasteiger partial charge in [0.25, 0.3) is 0 Å². The van der Waals surface area contributed by atoms with Crippen LogP contribution in [0.25, 0.3) is 5.57 Å². The van der Waals surface area contributed by atoms with Crippen LogP contribution in [-0.4, -0.2) is 29.2 Å². The van der Waals surface area contributed by atoms with E-state index in [1.54, 1.807) is 0 Å². The van der Waals surface area contributed by atoms with Crippen LogP contribution in [0.4, 0.5) is 0 Å². The summed E-state index contributed by atoms with van der Waals surface area (Å²) in [6, 6.07) is 10.4. The van der Waals surface area contributed by atoms with Crippen molar-refractivity contribution in [2.45, 2.75) is 12.8 Å². The topological polar surface area (TPSA) is 20.3 Å². The average molecular weight is 294 g/mol. The Morgan fingerprint density at radius 2 is 2.06 bits per heavy atom. The van der Waals surface area contributed by atoms with E-state index in [0.29, 0.717) is 6.42 Å². The molecule has 1 aliphatic rings. The summed E-state index contributed by atoms with van der Waals surface area (Å²) in [4.78, 5) is 13.6. The summed E-state index contributed by atoms with van der Waals surface area (Å²) < 4.78 is 0. The molecule has 0 bridgehead atoms. The third kappa shape index (κ3) is 3.19. The first kappa shape index (κ1) is 12.4. The van der Waals surface area contributed by atoms with Crippen LogP contribution in [0.1, 0.15) is 18.4 Å². The minimum Gasteiger partial charge on any atom is -0.339 e. The van der Waals surface area contributed by atoms with Crippen LogP contribution in [0.3, 0.4) is 0 Å². The van der Waals surface area contributed by atoms with Crippen LogP contribution >= 0.6 is 15.9 Å². The molecule has 1 amide bonds. The van der Waals surface area contributed by atoms with Crippen molar-refractivity contribution in [2.24, 2.45) is 0 Å². The molecule has 1 aliphatic heterocycles. The Morgan fingerprint density at radius 1 is 1.29 bits per heavy atom. The maximum Gasteiger partial charge on any atom is 0.223 e. The van der Waals surface area contributed by atoms with Gasteiger partial charge < -0.3 is 4.90 Å². The normalized spacial score (nSPS) is 15.6. The summed E-state index contributed by atoms with van der Waals surface area (Å²) in [5.41, 5.74) is 2.63. The molecular weight excluding hydrogens is 278 g/mol. The summed E-state index contributed by atoms with van der Waals surface area (Å²) in [5.74, 6) is 0.241. The number of amides is 1. The van der Waals surface area contributed by atoms with Crippen molar-refractivity contribution in [1.29, 1.82) is 0 Å². The van der Waals surface area contributed by atoms with Gasteiger partial charge in [-0.15, -0.1) is 0 Å². The smallest absolute Gasteiger partial charge is 0.223 e. The molecule has 0 spiro atoms. The number of hydrogen-bond donors (Lipinski definition) is 0. The van der Waals surface area contributed by atoms with Crippen LogP contribution in [0.2, 0.25) is 0 Å². The summed E-state index contributed by atoms with van der Waals surface area (Å²) in [7, 11) is 0. The zero-order valence-corrected chi connectivity index (χ0v) is 11.3. The van der Waals surface area contributed by atoms with E-state index in [1.165, 1.54) is 11.1 Å². The van der Waals surface area contributed by atoms with Gasteiger partial charge in [-0.3, -0.25) is 4.79 Å². The molecule has 0 unspecified atom stereocenters. The summed E-state index contributed by atoms with van der Waals surface area (Å²) >= 11 is 3.30. The molecule has 0 fully saturated rings. The minimum atomic E-state index is 0.241. The quantitative estimate of drug-likeness (QED) is 0.785. The number of benzene rings is 1. The van der Waals surface area contributed by atoms with E-state index in [9.17, 15) is 4.79 Å². The van der Waals surface area contributed by atoms with Crippen molar-refractivity contribution in [3.63, 3.8) is 0 Å². The highest BCUT2D eigenvalue weighted by Gasteiger charge is 2.16. The van der Waals surface area contributed by atoms with Crippen LogP contribution in [0.15, 0.2) is 36.4 Å². The van der Waals surface area contributed by atoms with Gasteiger partial charge in [-0.2, -0.15) is 0 Å². The lowest BCUT2D eigenvalue weighted by molar-refractivity contribution is -0.130. The molecule has 0 saturated heterocycles. The fourth-order valence-corrected chi connectivity index (χ4v) is 2.39. The van der Waals surface area contributed by atoms with Gasteiger partial charge in [0.05, 0.1) is 0 Å². The second-order valence-electron chi connectivity index (χ2n) is 4.12. The molecule has 0 atom stereocenters. The van der Waals surface area contributed by atoms with Gasteiger partial charge in [0.2, 0.25) is 5.91 Å². The highest BCUT2D eigenvalue weighted by molar-refractivity contribution is 9.09. The fourth-order valence-electron chi connectivity index (χ4n) is 2.05. The van der Waals surface area contributed by atoms with Crippen LogP contribution < -0.4 is 0 Å². The predicted octanol–water partition coefficient (Wildman–Crippen LogP) is 3.09. The van der Waals surface area contributed by atoms with Crippen molar-refractivity contribution in [2.75, 3.05) is 18.4 Å². The zero-order chi connectivity index (χ0) is 12.1. The number of carbonyl (C=O) groups is 1. The molecule has 2 nitrogen and oxygen atoms in total. The van der Waals surface area contributed by atoms with E-state index in [-0.39, 0.29) is 5.91 Å². The Morgan fingerprint density at radius 3 is 2.65 bits per heavy atom. The number of rotatable bonds is 3. The Labute approximate surface area is 110 Å². The Hall–Kier alpha value is -1.09. The second-order valence-corrected chi connectivity index (χ2v) is 4.92. The molecule has 0 aliphatic carbocycles. The first-order chi connectivity index (χ1) is 8.31. The number of alkyl halides is 1. The van der Waals surface area contributed by atoms with E-state index in [0.717, 1.165) is 24.8 Å². The zero-order valence-electron chi connectivity index (χ0n) is 9.73. The van der Waals surface area contributed by atoms with Gasteiger partial charge in [0, 0.05) is 24.8 Å². The first-order valence-electron chi connectivity index (χ1n) is 5.89. The second kappa shape index (κ2) is 6.01. The Bertz CT molecular complexity index is 413. The molecule has 0 radical (unpaired) electrons. The molecule has 1 heterocycles. The largest absolute Gasteiger partial charge is 0.339 e. The van der Waals surface area contributed by atoms with Gasteiger partial charge in [0.1, 0.15) is 0 Å². The van der Waals surface area contributed by atoms with Crippen molar-refractivity contribution >= 4 is 27.4 Å². The predicted molar refractivity (Wildman–Crippen MR) is 74.0 cm³/mol. The highest BCUT2D eigenvalue weighted by Crippen LogP contribution is 2.22. The van der Waals surface area contributed by atoms with Gasteiger partial charge in [-0.05, 0) is 17.6 Å². The maximum atomic E-state index is 11.7. The van der Waals surface area contributed by atoms with Crippen LogP contribution in [-0.2, 0) is 4.79 Å². The molecule has 2 rings (SSSR count). The maximum absolute atomic E-state index is 11.7. The third-order valence-corrected chi connectivity index (χ3v) is 3.41. The van der Waals surface area contributed by atoms with Crippen molar-refractivity contribution < 1.29 is 4.79 Å². The van der Waals surface area contributed by atoms with Crippen LogP contribution in [0.5, 0.6) is 0 Å². The summed E-state index contributed by atoms with van der Waals surface area (Å²) in [6.45, 7) is 1.59. The van der Waals surface area contributed by atoms with Crippen molar-refractivity contribution in [3.05, 3.63) is 42.0 Å². The molecule has 3 heteroatoms. The average Bonchev–Trinajstić information content (AvgIpc) is 2.40. The summed E-state index contributed by atoms with van der Waals surface area (Å²) in [5, 5.41) is 0.748. The third-order valence-electron chi connectivity index (χ3n) is 3.01. The van der Waals surface area contributed by atoms with Gasteiger partial charge in [-0.25, -0.2) is 0 Å². The summed E-state index contributed by atoms with van der Waals surface area (Å²) in [6.07, 6.45) is 3.72. The Balaban J connectivity index is 2.00. The number of nitrogens with zero attached hydrogens (tertiary/aromatic N) is 1. The number of halogens is 1. The van der Waals surface area contributed by atoms with E-state index in [4.69, 9.17) is 0 Å². The van der Waals surface area contributed by atoms with E-state index < -0.39 is 0 Å². The van der Waals surface area contributed by atoms with E-state index in [1.807, 2.05) is 11.0 Å². The molecule has 1 aromatic rings. The van der Waals surface area contributed by atoms with Gasteiger partial charge >= 0.3 is 0 Å². The lowest BCUT2D eigenvalue weighted by atomic mass is 9.99. The SMILES string of the molecule is O=C(CCBr)N1CC=C(c2ccccc2)CC1. The number of carbonyl (C=O) groups excluding carboxylic acids is 1. The lowest BCUT2D eigenvalue weighted by Crippen LogP contribution is -2.34. The van der Waals surface area contributed by atoms with Crippen LogP contribution in [0, 0.1) is 0 Å². The standard InChI is InChI=1S/C14H16BrNO/c15-9-6-14(17)16-10-7-13(8-11-16)12-4-2-1-3-5-12/h1-5,7H,6,8-11H2. The molecule has 1 aromatic carbocycles. The molecule has 0 saturated carbocycles. The molecular formula is C14H16BrNO. The highest BCUT2D eigenvalue weighted by atomic mass is 79.9. The van der Waals surface area contributed by atoms with E-state index in [2.05, 4.69) is 46.3 Å². The molecule has 0 aromatic heterocycles. The minimum absolute atomic E-state index is 0.241. The van der Waals surface area contributed by atoms with E-state index >= 15 is 0 Å². The molecule has 90 valence electrons. The van der Waals surface area contributed by atoms with Gasteiger partial charge in [0.15, 0.2) is 0 Å². The molecule has 0 N–H and O–H groups in total. The first-order valence-corrected chi connectivity index (χ1v) is 7.01. The number of hydrogen-bond acceptors (Lipinski definition) is 1. The van der Waals surface area contributed by atoms with Gasteiger partial charge in [-0.1, -0.05) is 52.3 Å². The molecule has 17 heavy (non-hydrogen) atoms. The Kier molecular flexibility index (Phi) is 4.37. The van der Waals surface area contributed by atoms with Crippen molar-refractivity contribution in [3.8, 4) is 0 Å².